The molecule has 0 aliphatic carbocycles. The first-order chi connectivity index (χ1) is 2.00. The molecule has 0 fully saturated rings. The second-order valence-electron chi connectivity index (χ2n) is 0.448. The van der Waals surface area contributed by atoms with E-state index in [9.17, 15) is 0 Å². The van der Waals surface area contributed by atoms with Gasteiger partial charge < -0.3 is 0 Å². The van der Waals surface area contributed by atoms with Crippen LogP contribution < -0.4 is 0 Å². The van der Waals surface area contributed by atoms with Gasteiger partial charge in [0, 0.05) is 22.4 Å². The third kappa shape index (κ3) is 112. The van der Waals surface area contributed by atoms with Crippen molar-refractivity contribution in [3.63, 3.8) is 0 Å². The average Bonchev–Trinajstić information content (AvgIpc) is 0.722. The van der Waals surface area contributed by atoms with Crippen molar-refractivity contribution in [2.24, 2.45) is 0 Å². The molecule has 0 spiro atoms. The summed E-state index contributed by atoms with van der Waals surface area (Å²) in [6.07, 6.45) is 0. The largest absolute Gasteiger partial charge is 0 e. The van der Waals surface area contributed by atoms with E-state index in [-0.39, 0.29) is 22.4 Å². The van der Waals surface area contributed by atoms with Gasteiger partial charge in [0.2, 0.25) is 0 Å². The van der Waals surface area contributed by atoms with E-state index < -0.39 is 13.4 Å². The molecule has 0 heterocycles. The first-order valence-electron chi connectivity index (χ1n) is 0.698. The molecule has 2 N–H and O–H groups in total. The summed E-state index contributed by atoms with van der Waals surface area (Å²) in [5.74, 6) is 0. The molecule has 0 rings (SSSR count). The van der Waals surface area contributed by atoms with Crippen molar-refractivity contribution in [2.75, 3.05) is 0 Å². The topological polar surface area (TPSA) is 74.6 Å². The van der Waals surface area contributed by atoms with E-state index in [0.717, 1.165) is 0 Å². The second-order valence-corrected chi connectivity index (χ2v) is 2.33. The fourth-order valence-electron chi connectivity index (χ4n) is 0. The Balaban J connectivity index is 0. The van der Waals surface area contributed by atoms with Crippen LogP contribution in [0, 0.1) is 0 Å². The van der Waals surface area contributed by atoms with E-state index in [1.54, 1.807) is 0 Å². The minimum absolute atomic E-state index is 0. The third-order valence-electron chi connectivity index (χ3n) is 0. The van der Waals surface area contributed by atoms with Crippen LogP contribution in [0.1, 0.15) is 0 Å². The average molecular weight is 253 g/mol. The first-order valence-corrected chi connectivity index (χ1v) is 3.63. The monoisotopic (exact) mass is 253 g/mol. The molecule has 0 saturated heterocycles. The molecule has 0 aliphatic rings. The predicted molar refractivity (Wildman–Crippen MR) is 11.6 cm³/mol. The van der Waals surface area contributed by atoms with Gasteiger partial charge in [0.15, 0.2) is 0 Å². The van der Waals surface area contributed by atoms with E-state index in [1.807, 2.05) is 0 Å². The zero-order valence-corrected chi connectivity index (χ0v) is 5.62. The summed E-state index contributed by atoms with van der Waals surface area (Å²) in [4.78, 5) is 0. The van der Waals surface area contributed by atoms with E-state index >= 15 is 0 Å². The van der Waals surface area contributed by atoms with Gasteiger partial charge in [-0.3, -0.25) is 0 Å². The molecular formula is H2AgO4Se. The Bertz CT molecular complexity index is 90.7. The van der Waals surface area contributed by atoms with Gasteiger partial charge in [-0.15, -0.1) is 0 Å². The fraction of sp³-hybridized carbons (Fsp3) is 0. The van der Waals surface area contributed by atoms with E-state index in [0.29, 0.717) is 0 Å². The van der Waals surface area contributed by atoms with Crippen molar-refractivity contribution in [3.05, 3.63) is 0 Å². The zero-order chi connectivity index (χ0) is 4.50. The molecule has 6 heavy (non-hydrogen) atoms. The van der Waals surface area contributed by atoms with Crippen LogP contribution in [0.4, 0.5) is 0 Å². The third-order valence-corrected chi connectivity index (χ3v) is 0. The Hall–Kier alpha value is 0.780. The van der Waals surface area contributed by atoms with Gasteiger partial charge in [-0.2, -0.15) is 0 Å². The molecule has 0 bridgehead atoms. The van der Waals surface area contributed by atoms with Crippen LogP contribution in [0.5, 0.6) is 0 Å². The van der Waals surface area contributed by atoms with Gasteiger partial charge in [0.1, 0.15) is 0 Å². The van der Waals surface area contributed by atoms with Crippen LogP contribution in [0.25, 0.3) is 0 Å². The standard InChI is InChI=1S/Ag.H2O4Se/c;1-5(2,3)4/h;(H2,1,2,3,4). The van der Waals surface area contributed by atoms with Crippen molar-refractivity contribution in [1.29, 1.82) is 0 Å². The van der Waals surface area contributed by atoms with Gasteiger partial charge in [0.05, 0.1) is 0 Å². The van der Waals surface area contributed by atoms with Crippen LogP contribution in [-0.4, -0.2) is 21.7 Å². The van der Waals surface area contributed by atoms with Gasteiger partial charge >= 0.3 is 29.4 Å². The van der Waals surface area contributed by atoms with Crippen LogP contribution in [0.15, 0.2) is 0 Å². The number of rotatable bonds is 0. The summed E-state index contributed by atoms with van der Waals surface area (Å²) < 4.78 is 31.9. The summed E-state index contributed by atoms with van der Waals surface area (Å²) in [5.41, 5.74) is 0. The molecule has 0 unspecified atom stereocenters. The van der Waals surface area contributed by atoms with E-state index in [4.69, 9.17) is 16.0 Å². The van der Waals surface area contributed by atoms with Crippen LogP contribution >= 0.6 is 0 Å². The summed E-state index contributed by atoms with van der Waals surface area (Å²) >= 11 is -5.25. The summed E-state index contributed by atoms with van der Waals surface area (Å²) in [6, 6.07) is 0. The Kier molecular flexibility index (Phi) is 4.75. The molecule has 0 atom stereocenters. The van der Waals surface area contributed by atoms with Crippen LogP contribution in [0.3, 0.4) is 0 Å². The van der Waals surface area contributed by atoms with Crippen molar-refractivity contribution in [1.82, 2.24) is 0 Å². The van der Waals surface area contributed by atoms with Gasteiger partial charge in [-0.25, -0.2) is 0 Å². The van der Waals surface area contributed by atoms with E-state index in [2.05, 4.69) is 0 Å². The molecule has 1 radical (unpaired) electrons. The molecule has 0 aromatic carbocycles. The maximum Gasteiger partial charge on any atom is 0 e. The maximum atomic E-state index is 8.82. The SMILES string of the molecule is O=[Se](=O)(O)O.[Ag]. The normalized spacial score (nSPS) is 9.67. The second kappa shape index (κ2) is 2.87. The zero-order valence-electron chi connectivity index (χ0n) is 2.42. The van der Waals surface area contributed by atoms with Gasteiger partial charge in [-0.1, -0.05) is 0 Å². The van der Waals surface area contributed by atoms with Crippen LogP contribution in [0.2, 0.25) is 0 Å². The molecule has 0 aromatic heterocycles. The minimum Gasteiger partial charge on any atom is 0 e. The maximum absolute atomic E-state index is 8.82. The Morgan fingerprint density at radius 3 is 1.17 bits per heavy atom. The molecule has 0 saturated carbocycles. The number of hydrogen-bond donors (Lipinski definition) is 2. The summed E-state index contributed by atoms with van der Waals surface area (Å²) in [6.45, 7) is 0. The fourth-order valence-corrected chi connectivity index (χ4v) is 0. The molecule has 0 aromatic rings. The minimum atomic E-state index is -5.25. The molecule has 0 aliphatic heterocycles. The van der Waals surface area contributed by atoms with E-state index in [1.165, 1.54) is 0 Å². The molecule has 4 nitrogen and oxygen atoms in total. The Morgan fingerprint density at radius 2 is 1.17 bits per heavy atom. The summed E-state index contributed by atoms with van der Waals surface area (Å²) in [5, 5.41) is 0. The molecule has 6 heteroatoms. The first kappa shape index (κ1) is 9.91. The van der Waals surface area contributed by atoms with Crippen molar-refractivity contribution < 1.29 is 38.4 Å². The van der Waals surface area contributed by atoms with Crippen molar-refractivity contribution in [3.8, 4) is 0 Å². The Labute approximate surface area is 52.0 Å². The Morgan fingerprint density at radius 1 is 1.17 bits per heavy atom. The molecule has 43 valence electrons. The summed E-state index contributed by atoms with van der Waals surface area (Å²) in [7, 11) is 0. The van der Waals surface area contributed by atoms with Crippen molar-refractivity contribution >= 4 is 13.4 Å². The van der Waals surface area contributed by atoms with Gasteiger partial charge in [-0.05, 0) is 0 Å². The quantitative estimate of drug-likeness (QED) is 0.503. The van der Waals surface area contributed by atoms with Crippen LogP contribution in [-0.2, 0) is 30.0 Å². The smallest absolute Gasteiger partial charge is 0 e. The predicted octanol–water partition coefficient (Wildman–Crippen LogP) is -1.73. The molecule has 0 amide bonds. The number of hydrogen-bond acceptors (Lipinski definition) is 2. The molecular weight excluding hydrogens is 251 g/mol. The van der Waals surface area contributed by atoms with Crippen molar-refractivity contribution in [2.45, 2.75) is 0 Å². The van der Waals surface area contributed by atoms with Gasteiger partial charge in [0.25, 0.3) is 0 Å².